The molecular weight excluding hydrogens is 360 g/mol. The Hall–Kier alpha value is -3.22. The third kappa shape index (κ3) is 6.19. The lowest BCUT2D eigenvalue weighted by atomic mass is 10.2. The van der Waals surface area contributed by atoms with E-state index in [9.17, 15) is 9.59 Å². The smallest absolute Gasteiger partial charge is 0.338 e. The van der Waals surface area contributed by atoms with E-state index in [4.69, 9.17) is 14.2 Å². The second-order valence-corrected chi connectivity index (χ2v) is 6.03. The zero-order chi connectivity index (χ0) is 20.4. The van der Waals surface area contributed by atoms with Crippen molar-refractivity contribution in [3.63, 3.8) is 0 Å². The van der Waals surface area contributed by atoms with Crippen molar-refractivity contribution in [1.29, 1.82) is 0 Å². The molecule has 0 aliphatic heterocycles. The third-order valence-electron chi connectivity index (χ3n) is 3.99. The number of carbonyl (C=O) groups is 2. The van der Waals surface area contributed by atoms with Gasteiger partial charge >= 0.3 is 5.97 Å². The number of esters is 1. The fourth-order valence-electron chi connectivity index (χ4n) is 2.41. The van der Waals surface area contributed by atoms with Gasteiger partial charge in [0, 0.05) is 11.8 Å². The number of hydrogen-bond donors (Lipinski definition) is 2. The molecule has 0 unspecified atom stereocenters. The van der Waals surface area contributed by atoms with Crippen molar-refractivity contribution in [2.45, 2.75) is 19.8 Å². The van der Waals surface area contributed by atoms with Crippen LogP contribution in [0.2, 0.25) is 0 Å². The number of ether oxygens (including phenoxy) is 3. The molecule has 0 heterocycles. The summed E-state index contributed by atoms with van der Waals surface area (Å²) in [5.41, 5.74) is 1.73. The van der Waals surface area contributed by atoms with Crippen LogP contribution in [0.4, 0.5) is 11.4 Å². The number of methoxy groups -OCH3 is 2. The lowest BCUT2D eigenvalue weighted by Crippen LogP contribution is -2.22. The quantitative estimate of drug-likeness (QED) is 0.478. The molecule has 2 N–H and O–H groups in total. The fraction of sp³-hybridized carbons (Fsp3) is 0.333. The van der Waals surface area contributed by atoms with Gasteiger partial charge in [0.25, 0.3) is 0 Å². The van der Waals surface area contributed by atoms with E-state index in [1.807, 2.05) is 6.92 Å². The van der Waals surface area contributed by atoms with Crippen LogP contribution in [0.1, 0.15) is 30.1 Å². The van der Waals surface area contributed by atoms with E-state index in [0.717, 1.165) is 18.5 Å². The molecule has 0 aliphatic carbocycles. The summed E-state index contributed by atoms with van der Waals surface area (Å²) in [5, 5.41) is 5.80. The van der Waals surface area contributed by atoms with Gasteiger partial charge in [-0.25, -0.2) is 4.79 Å². The van der Waals surface area contributed by atoms with Gasteiger partial charge in [0.05, 0.1) is 38.6 Å². The van der Waals surface area contributed by atoms with Crippen LogP contribution in [0.3, 0.4) is 0 Å². The molecule has 0 saturated carbocycles. The molecule has 0 radical (unpaired) electrons. The third-order valence-corrected chi connectivity index (χ3v) is 3.99. The summed E-state index contributed by atoms with van der Waals surface area (Å²) in [4.78, 5) is 24.1. The largest absolute Gasteiger partial charge is 0.497 e. The predicted octanol–water partition coefficient (Wildman–Crippen LogP) is 3.71. The maximum atomic E-state index is 12.2. The predicted molar refractivity (Wildman–Crippen MR) is 108 cm³/mol. The average molecular weight is 386 g/mol. The summed E-state index contributed by atoms with van der Waals surface area (Å²) in [6, 6.07) is 12.0. The SMILES string of the molecule is CCCCOC(=O)c1ccc(NCC(=O)Nc2cc(OC)ccc2OC)cc1. The first-order chi connectivity index (χ1) is 13.6. The molecule has 0 saturated heterocycles. The first-order valence-corrected chi connectivity index (χ1v) is 9.10. The highest BCUT2D eigenvalue weighted by atomic mass is 16.5. The molecular formula is C21H26N2O5. The first-order valence-electron chi connectivity index (χ1n) is 9.10. The van der Waals surface area contributed by atoms with E-state index in [1.165, 1.54) is 7.11 Å². The average Bonchev–Trinajstić information content (AvgIpc) is 2.72. The molecule has 2 rings (SSSR count). The Morgan fingerprint density at radius 1 is 1.00 bits per heavy atom. The zero-order valence-corrected chi connectivity index (χ0v) is 16.4. The number of unbranched alkanes of at least 4 members (excludes halogenated alkanes) is 1. The van der Waals surface area contributed by atoms with Gasteiger partial charge in [-0.3, -0.25) is 4.79 Å². The summed E-state index contributed by atoms with van der Waals surface area (Å²) in [5.74, 6) is 0.572. The number of hydrogen-bond acceptors (Lipinski definition) is 6. The number of benzene rings is 2. The number of amides is 1. The van der Waals surface area contributed by atoms with Crippen molar-refractivity contribution in [2.75, 3.05) is 38.0 Å². The van der Waals surface area contributed by atoms with E-state index in [-0.39, 0.29) is 18.4 Å². The Labute approximate surface area is 165 Å². The molecule has 0 bridgehead atoms. The summed E-state index contributed by atoms with van der Waals surface area (Å²) in [7, 11) is 3.09. The number of carbonyl (C=O) groups excluding carboxylic acids is 2. The van der Waals surface area contributed by atoms with Gasteiger partial charge in [-0.2, -0.15) is 0 Å². The molecule has 2 aromatic rings. The van der Waals surface area contributed by atoms with E-state index in [1.54, 1.807) is 49.6 Å². The van der Waals surface area contributed by atoms with Gasteiger partial charge in [-0.05, 0) is 42.8 Å². The minimum absolute atomic E-state index is 0.0562. The highest BCUT2D eigenvalue weighted by molar-refractivity contribution is 5.95. The molecule has 2 aromatic carbocycles. The topological polar surface area (TPSA) is 85.9 Å². The molecule has 150 valence electrons. The van der Waals surface area contributed by atoms with E-state index in [0.29, 0.717) is 29.4 Å². The van der Waals surface area contributed by atoms with E-state index < -0.39 is 0 Å². The second kappa shape index (κ2) is 10.8. The van der Waals surface area contributed by atoms with Crippen molar-refractivity contribution >= 4 is 23.3 Å². The molecule has 0 aromatic heterocycles. The molecule has 0 fully saturated rings. The maximum Gasteiger partial charge on any atom is 0.338 e. The van der Waals surface area contributed by atoms with Gasteiger partial charge in [0.1, 0.15) is 11.5 Å². The molecule has 0 atom stereocenters. The summed E-state index contributed by atoms with van der Waals surface area (Å²) in [6.07, 6.45) is 1.82. The van der Waals surface area contributed by atoms with Gasteiger partial charge in [0.15, 0.2) is 0 Å². The summed E-state index contributed by atoms with van der Waals surface area (Å²) < 4.78 is 15.6. The first kappa shape index (κ1) is 21.1. The lowest BCUT2D eigenvalue weighted by Gasteiger charge is -2.12. The number of rotatable bonds is 10. The monoisotopic (exact) mass is 386 g/mol. The standard InChI is InChI=1S/C21H26N2O5/c1-4-5-12-28-21(25)15-6-8-16(9-7-15)22-14-20(24)23-18-13-17(26-2)10-11-19(18)27-3/h6-11,13,22H,4-5,12,14H2,1-3H3,(H,23,24). The van der Waals surface area contributed by atoms with Gasteiger partial charge in [-0.15, -0.1) is 0 Å². The Balaban J connectivity index is 1.88. The maximum absolute atomic E-state index is 12.2. The van der Waals surface area contributed by atoms with Crippen LogP contribution in [-0.4, -0.2) is 39.2 Å². The van der Waals surface area contributed by atoms with Gasteiger partial charge < -0.3 is 24.8 Å². The number of nitrogens with one attached hydrogen (secondary N) is 2. The Bertz CT molecular complexity index is 790. The minimum atomic E-state index is -0.345. The van der Waals surface area contributed by atoms with E-state index in [2.05, 4.69) is 10.6 Å². The van der Waals surface area contributed by atoms with E-state index >= 15 is 0 Å². The van der Waals surface area contributed by atoms with Crippen LogP contribution >= 0.6 is 0 Å². The van der Waals surface area contributed by atoms with Crippen LogP contribution in [0, 0.1) is 0 Å². The summed E-state index contributed by atoms with van der Waals surface area (Å²) in [6.45, 7) is 2.51. The van der Waals surface area contributed by atoms with Gasteiger partial charge in [-0.1, -0.05) is 13.3 Å². The molecule has 1 amide bonds. The van der Waals surface area contributed by atoms with Crippen LogP contribution in [0.25, 0.3) is 0 Å². The van der Waals surface area contributed by atoms with Crippen molar-refractivity contribution in [3.8, 4) is 11.5 Å². The molecule has 7 nitrogen and oxygen atoms in total. The normalized spacial score (nSPS) is 10.1. The minimum Gasteiger partial charge on any atom is -0.497 e. The molecule has 0 aliphatic rings. The highest BCUT2D eigenvalue weighted by Crippen LogP contribution is 2.28. The molecule has 7 heteroatoms. The number of anilines is 2. The van der Waals surface area contributed by atoms with Crippen molar-refractivity contribution in [3.05, 3.63) is 48.0 Å². The zero-order valence-electron chi connectivity index (χ0n) is 16.4. The van der Waals surface area contributed by atoms with Crippen molar-refractivity contribution in [2.24, 2.45) is 0 Å². The van der Waals surface area contributed by atoms with Crippen molar-refractivity contribution in [1.82, 2.24) is 0 Å². The summed E-state index contributed by atoms with van der Waals surface area (Å²) >= 11 is 0. The van der Waals surface area contributed by atoms with Crippen molar-refractivity contribution < 1.29 is 23.8 Å². The Kier molecular flexibility index (Phi) is 8.14. The van der Waals surface area contributed by atoms with Gasteiger partial charge in [0.2, 0.25) is 5.91 Å². The Morgan fingerprint density at radius 2 is 1.75 bits per heavy atom. The van der Waals surface area contributed by atoms with Crippen LogP contribution in [0.5, 0.6) is 11.5 Å². The second-order valence-electron chi connectivity index (χ2n) is 6.03. The Morgan fingerprint density at radius 3 is 2.39 bits per heavy atom. The van der Waals surface area contributed by atoms with Crippen LogP contribution < -0.4 is 20.1 Å². The lowest BCUT2D eigenvalue weighted by molar-refractivity contribution is -0.114. The van der Waals surface area contributed by atoms with Crippen LogP contribution in [-0.2, 0) is 9.53 Å². The highest BCUT2D eigenvalue weighted by Gasteiger charge is 2.10. The fourth-order valence-corrected chi connectivity index (χ4v) is 2.41. The van der Waals surface area contributed by atoms with Crippen LogP contribution in [0.15, 0.2) is 42.5 Å². The molecule has 0 spiro atoms. The molecule has 28 heavy (non-hydrogen) atoms.